The summed E-state index contributed by atoms with van der Waals surface area (Å²) in [7, 11) is 3.41. The van der Waals surface area contributed by atoms with Crippen molar-refractivity contribution in [1.82, 2.24) is 10.2 Å². The molecule has 1 aromatic heterocycles. The summed E-state index contributed by atoms with van der Waals surface area (Å²) in [5.74, 6) is 6.12. The van der Waals surface area contributed by atoms with Crippen molar-refractivity contribution >= 4 is 17.9 Å². The topological polar surface area (TPSA) is 62.6 Å². The molecule has 0 saturated heterocycles. The van der Waals surface area contributed by atoms with Crippen LogP contribution in [0.5, 0.6) is 0 Å². The Morgan fingerprint density at radius 3 is 2.58 bits per heavy atom. The standard InChI is InChI=1S/C19H18N2O3/c1-21(2)19(23)16-9-7-15(8-10-16)5-3-13-20-18(22)12-11-17-6-4-14-24-17/h4,6-12,14H,13H2,1-2H3,(H,20,22)/b12-11+. The van der Waals surface area contributed by atoms with E-state index in [1.54, 1.807) is 62.8 Å². The summed E-state index contributed by atoms with van der Waals surface area (Å²) in [6.45, 7) is 0.236. The average molecular weight is 322 g/mol. The molecule has 0 fully saturated rings. The van der Waals surface area contributed by atoms with E-state index in [0.29, 0.717) is 11.3 Å². The third kappa shape index (κ3) is 5.18. The summed E-state index contributed by atoms with van der Waals surface area (Å²) in [5.41, 5.74) is 1.40. The number of rotatable bonds is 4. The largest absolute Gasteiger partial charge is 0.465 e. The fourth-order valence-electron chi connectivity index (χ4n) is 1.83. The smallest absolute Gasteiger partial charge is 0.253 e. The normalized spacial score (nSPS) is 10.1. The molecule has 5 heteroatoms. The van der Waals surface area contributed by atoms with Crippen LogP contribution in [0.25, 0.3) is 6.08 Å². The molecule has 1 aromatic carbocycles. The van der Waals surface area contributed by atoms with Crippen LogP contribution in [0.2, 0.25) is 0 Å². The van der Waals surface area contributed by atoms with Crippen LogP contribution in [-0.4, -0.2) is 37.4 Å². The number of amides is 2. The van der Waals surface area contributed by atoms with Gasteiger partial charge in [0.25, 0.3) is 5.91 Å². The minimum absolute atomic E-state index is 0.0508. The summed E-state index contributed by atoms with van der Waals surface area (Å²) in [6, 6.07) is 10.5. The van der Waals surface area contributed by atoms with Crippen LogP contribution in [0.4, 0.5) is 0 Å². The van der Waals surface area contributed by atoms with Gasteiger partial charge in [-0.1, -0.05) is 11.8 Å². The maximum Gasteiger partial charge on any atom is 0.253 e. The zero-order valence-electron chi connectivity index (χ0n) is 13.6. The molecule has 0 radical (unpaired) electrons. The Kier molecular flexibility index (Phi) is 5.98. The molecule has 2 amide bonds. The summed E-state index contributed by atoms with van der Waals surface area (Å²) < 4.78 is 5.09. The van der Waals surface area contributed by atoms with Gasteiger partial charge in [0.15, 0.2) is 0 Å². The lowest BCUT2D eigenvalue weighted by Crippen LogP contribution is -2.21. The number of carbonyl (C=O) groups excluding carboxylic acids is 2. The van der Waals surface area contributed by atoms with Crippen LogP contribution >= 0.6 is 0 Å². The third-order valence-corrected chi connectivity index (χ3v) is 3.06. The van der Waals surface area contributed by atoms with Crippen LogP contribution in [0.3, 0.4) is 0 Å². The van der Waals surface area contributed by atoms with Crippen LogP contribution in [0.1, 0.15) is 21.7 Å². The number of hydrogen-bond donors (Lipinski definition) is 1. The number of nitrogens with zero attached hydrogens (tertiary/aromatic N) is 1. The van der Waals surface area contributed by atoms with Crippen molar-refractivity contribution in [2.45, 2.75) is 0 Å². The minimum atomic E-state index is -0.243. The lowest BCUT2D eigenvalue weighted by Gasteiger charge is -2.09. The highest BCUT2D eigenvalue weighted by atomic mass is 16.3. The van der Waals surface area contributed by atoms with Gasteiger partial charge in [0, 0.05) is 31.3 Å². The molecule has 5 nitrogen and oxygen atoms in total. The fourth-order valence-corrected chi connectivity index (χ4v) is 1.83. The van der Waals surface area contributed by atoms with E-state index in [1.807, 2.05) is 0 Å². The Bertz CT molecular complexity index is 776. The molecule has 0 unspecified atom stereocenters. The Morgan fingerprint density at radius 1 is 1.21 bits per heavy atom. The van der Waals surface area contributed by atoms with Gasteiger partial charge in [-0.25, -0.2) is 0 Å². The average Bonchev–Trinajstić information content (AvgIpc) is 3.10. The Balaban J connectivity index is 1.82. The molecule has 0 aliphatic rings. The van der Waals surface area contributed by atoms with Gasteiger partial charge in [-0.3, -0.25) is 9.59 Å². The number of carbonyl (C=O) groups is 2. The number of nitrogens with one attached hydrogen (secondary N) is 1. The van der Waals surface area contributed by atoms with E-state index in [4.69, 9.17) is 4.42 Å². The molecule has 0 aliphatic heterocycles. The molecular formula is C19H18N2O3. The first-order valence-corrected chi connectivity index (χ1v) is 7.36. The zero-order chi connectivity index (χ0) is 17.4. The lowest BCUT2D eigenvalue weighted by atomic mass is 10.1. The van der Waals surface area contributed by atoms with Crippen LogP contribution in [-0.2, 0) is 4.79 Å². The van der Waals surface area contributed by atoms with Crippen molar-refractivity contribution in [3.8, 4) is 11.8 Å². The highest BCUT2D eigenvalue weighted by Gasteiger charge is 2.06. The van der Waals surface area contributed by atoms with Crippen molar-refractivity contribution in [3.05, 3.63) is 65.6 Å². The molecule has 122 valence electrons. The molecule has 0 atom stereocenters. The fraction of sp³-hybridized carbons (Fsp3) is 0.158. The van der Waals surface area contributed by atoms with E-state index < -0.39 is 0 Å². The first-order chi connectivity index (χ1) is 11.6. The number of furan rings is 1. The van der Waals surface area contributed by atoms with E-state index in [-0.39, 0.29) is 18.4 Å². The van der Waals surface area contributed by atoms with E-state index in [0.717, 1.165) is 5.56 Å². The molecule has 1 N–H and O–H groups in total. The van der Waals surface area contributed by atoms with Crippen molar-refractivity contribution < 1.29 is 14.0 Å². The molecular weight excluding hydrogens is 304 g/mol. The van der Waals surface area contributed by atoms with Crippen molar-refractivity contribution in [2.75, 3.05) is 20.6 Å². The lowest BCUT2D eigenvalue weighted by molar-refractivity contribution is -0.116. The SMILES string of the molecule is CN(C)C(=O)c1ccc(C#CCNC(=O)/C=C/c2ccco2)cc1. The molecule has 0 aliphatic carbocycles. The van der Waals surface area contributed by atoms with Crippen LogP contribution in [0.15, 0.2) is 53.2 Å². The van der Waals surface area contributed by atoms with Gasteiger partial charge in [0.05, 0.1) is 12.8 Å². The van der Waals surface area contributed by atoms with Crippen LogP contribution < -0.4 is 5.32 Å². The first-order valence-electron chi connectivity index (χ1n) is 7.36. The summed E-state index contributed by atoms with van der Waals surface area (Å²) in [6.07, 6.45) is 4.52. The maximum absolute atomic E-state index is 11.8. The third-order valence-electron chi connectivity index (χ3n) is 3.06. The van der Waals surface area contributed by atoms with E-state index >= 15 is 0 Å². The molecule has 2 aromatic rings. The summed E-state index contributed by atoms with van der Waals surface area (Å²) in [4.78, 5) is 24.9. The molecule has 1 heterocycles. The van der Waals surface area contributed by atoms with Gasteiger partial charge in [0.2, 0.25) is 5.91 Å². The van der Waals surface area contributed by atoms with Gasteiger partial charge in [-0.05, 0) is 42.5 Å². The molecule has 0 saturated carbocycles. The predicted octanol–water partition coefficient (Wildman–Crippen LogP) is 2.16. The highest BCUT2D eigenvalue weighted by molar-refractivity contribution is 5.94. The predicted molar refractivity (Wildman–Crippen MR) is 92.1 cm³/mol. The van der Waals surface area contributed by atoms with Crippen molar-refractivity contribution in [2.24, 2.45) is 0 Å². The second kappa shape index (κ2) is 8.39. The highest BCUT2D eigenvalue weighted by Crippen LogP contribution is 2.05. The van der Waals surface area contributed by atoms with E-state index in [2.05, 4.69) is 17.2 Å². The minimum Gasteiger partial charge on any atom is -0.465 e. The van der Waals surface area contributed by atoms with Gasteiger partial charge in [-0.2, -0.15) is 0 Å². The molecule has 0 bridgehead atoms. The Hall–Kier alpha value is -3.26. The monoisotopic (exact) mass is 322 g/mol. The van der Waals surface area contributed by atoms with Gasteiger partial charge in [0.1, 0.15) is 5.76 Å². The Labute approximate surface area is 141 Å². The van der Waals surface area contributed by atoms with Gasteiger partial charge < -0.3 is 14.6 Å². The second-order valence-electron chi connectivity index (χ2n) is 5.15. The van der Waals surface area contributed by atoms with E-state index in [1.165, 1.54) is 11.0 Å². The van der Waals surface area contributed by atoms with Gasteiger partial charge >= 0.3 is 0 Å². The van der Waals surface area contributed by atoms with Crippen LogP contribution in [0, 0.1) is 11.8 Å². The van der Waals surface area contributed by atoms with Gasteiger partial charge in [-0.15, -0.1) is 0 Å². The maximum atomic E-state index is 11.8. The number of benzene rings is 1. The zero-order valence-corrected chi connectivity index (χ0v) is 13.6. The quantitative estimate of drug-likeness (QED) is 0.693. The molecule has 24 heavy (non-hydrogen) atoms. The van der Waals surface area contributed by atoms with Crippen molar-refractivity contribution in [1.29, 1.82) is 0 Å². The summed E-state index contributed by atoms with van der Waals surface area (Å²) in [5, 5.41) is 2.66. The first kappa shape index (κ1) is 17.1. The van der Waals surface area contributed by atoms with E-state index in [9.17, 15) is 9.59 Å². The summed E-state index contributed by atoms with van der Waals surface area (Å²) >= 11 is 0. The molecule has 0 spiro atoms. The number of hydrogen-bond acceptors (Lipinski definition) is 3. The Morgan fingerprint density at radius 2 is 1.96 bits per heavy atom. The second-order valence-corrected chi connectivity index (χ2v) is 5.15. The molecule has 2 rings (SSSR count). The van der Waals surface area contributed by atoms with Crippen molar-refractivity contribution in [3.63, 3.8) is 0 Å².